The molecule has 0 aromatic heterocycles. The van der Waals surface area contributed by atoms with Crippen molar-refractivity contribution >= 4 is 5.91 Å². The fourth-order valence-electron chi connectivity index (χ4n) is 2.26. The average Bonchev–Trinajstić information content (AvgIpc) is 2.19. The van der Waals surface area contributed by atoms with E-state index < -0.39 is 0 Å². The van der Waals surface area contributed by atoms with Crippen LogP contribution in [0.4, 0.5) is 0 Å². The first kappa shape index (κ1) is 11.5. The third kappa shape index (κ3) is 3.29. The van der Waals surface area contributed by atoms with Crippen LogP contribution in [0.1, 0.15) is 39.0 Å². The van der Waals surface area contributed by atoms with E-state index in [0.29, 0.717) is 5.92 Å². The molecular formula is C11H22N2O. The second kappa shape index (κ2) is 6.02. The van der Waals surface area contributed by atoms with Gasteiger partial charge in [-0.1, -0.05) is 19.8 Å². The Kier molecular flexibility index (Phi) is 4.94. The third-order valence-corrected chi connectivity index (χ3v) is 3.14. The Bertz CT molecular complexity index is 176. The zero-order valence-electron chi connectivity index (χ0n) is 9.09. The molecule has 3 N–H and O–H groups in total. The predicted molar refractivity (Wildman–Crippen MR) is 57.8 cm³/mol. The summed E-state index contributed by atoms with van der Waals surface area (Å²) in [4.78, 5) is 11.3. The second-order valence-electron chi connectivity index (χ2n) is 4.26. The Labute approximate surface area is 86.4 Å². The number of carbonyl (C=O) groups excluding carboxylic acids is 1. The van der Waals surface area contributed by atoms with Crippen LogP contribution in [0.15, 0.2) is 0 Å². The maximum Gasteiger partial charge on any atom is 0.220 e. The molecule has 3 heteroatoms. The van der Waals surface area contributed by atoms with Crippen molar-refractivity contribution in [2.75, 3.05) is 13.1 Å². The first-order valence-electron chi connectivity index (χ1n) is 5.75. The van der Waals surface area contributed by atoms with Gasteiger partial charge in [-0.3, -0.25) is 4.79 Å². The topological polar surface area (TPSA) is 55.1 Å². The zero-order chi connectivity index (χ0) is 10.4. The van der Waals surface area contributed by atoms with E-state index in [4.69, 9.17) is 5.73 Å². The number of primary amides is 1. The Morgan fingerprint density at radius 1 is 1.64 bits per heavy atom. The lowest BCUT2D eigenvalue weighted by Crippen LogP contribution is -2.39. The van der Waals surface area contributed by atoms with Gasteiger partial charge in [-0.2, -0.15) is 0 Å². The van der Waals surface area contributed by atoms with Crippen molar-refractivity contribution in [1.82, 2.24) is 5.32 Å². The molecule has 0 radical (unpaired) electrons. The normalized spacial score (nSPS) is 24.5. The number of piperidine rings is 1. The van der Waals surface area contributed by atoms with Gasteiger partial charge >= 0.3 is 0 Å². The number of unbranched alkanes of at least 4 members (excludes halogenated alkanes) is 1. The van der Waals surface area contributed by atoms with E-state index >= 15 is 0 Å². The van der Waals surface area contributed by atoms with E-state index in [9.17, 15) is 4.79 Å². The van der Waals surface area contributed by atoms with Gasteiger partial charge in [0.05, 0.1) is 0 Å². The molecular weight excluding hydrogens is 176 g/mol. The highest BCUT2D eigenvalue weighted by atomic mass is 16.1. The summed E-state index contributed by atoms with van der Waals surface area (Å²) in [5.74, 6) is 0.475. The summed E-state index contributed by atoms with van der Waals surface area (Å²) in [5, 5.41) is 3.34. The highest BCUT2D eigenvalue weighted by Gasteiger charge is 2.26. The van der Waals surface area contributed by atoms with Gasteiger partial charge in [0.1, 0.15) is 0 Å². The van der Waals surface area contributed by atoms with Gasteiger partial charge in [-0.25, -0.2) is 0 Å². The molecule has 2 atom stereocenters. The lowest BCUT2D eigenvalue weighted by molar-refractivity contribution is -0.124. The molecule has 1 amide bonds. The van der Waals surface area contributed by atoms with Crippen molar-refractivity contribution in [1.29, 1.82) is 0 Å². The van der Waals surface area contributed by atoms with Crippen molar-refractivity contribution in [3.05, 3.63) is 0 Å². The standard InChI is InChI=1S/C11H22N2O/c1-2-3-6-10(11(12)14)9-5-4-7-13-8-9/h9-10,13H,2-8H2,1H3,(H2,12,14). The molecule has 0 bridgehead atoms. The Balaban J connectivity index is 2.43. The predicted octanol–water partition coefficient (Wildman–Crippen LogP) is 1.28. The van der Waals surface area contributed by atoms with E-state index in [1.807, 2.05) is 0 Å². The summed E-state index contributed by atoms with van der Waals surface area (Å²) in [6, 6.07) is 0. The van der Waals surface area contributed by atoms with Crippen LogP contribution in [0.3, 0.4) is 0 Å². The van der Waals surface area contributed by atoms with E-state index in [-0.39, 0.29) is 11.8 Å². The van der Waals surface area contributed by atoms with Crippen LogP contribution >= 0.6 is 0 Å². The molecule has 14 heavy (non-hydrogen) atoms. The van der Waals surface area contributed by atoms with Crippen molar-refractivity contribution in [2.45, 2.75) is 39.0 Å². The van der Waals surface area contributed by atoms with Gasteiger partial charge in [0.25, 0.3) is 0 Å². The molecule has 0 aromatic carbocycles. The number of hydrogen-bond acceptors (Lipinski definition) is 2. The molecule has 0 saturated carbocycles. The van der Waals surface area contributed by atoms with Crippen molar-refractivity contribution in [2.24, 2.45) is 17.6 Å². The molecule has 2 unspecified atom stereocenters. The largest absolute Gasteiger partial charge is 0.369 e. The van der Waals surface area contributed by atoms with Crippen LogP contribution in [0.25, 0.3) is 0 Å². The number of rotatable bonds is 5. The summed E-state index contributed by atoms with van der Waals surface area (Å²) in [5.41, 5.74) is 5.44. The molecule has 0 aromatic rings. The summed E-state index contributed by atoms with van der Waals surface area (Å²) < 4.78 is 0. The van der Waals surface area contributed by atoms with Crippen molar-refractivity contribution in [3.63, 3.8) is 0 Å². The molecule has 1 heterocycles. The van der Waals surface area contributed by atoms with Crippen LogP contribution in [0, 0.1) is 11.8 Å². The maximum absolute atomic E-state index is 11.3. The van der Waals surface area contributed by atoms with E-state index in [2.05, 4.69) is 12.2 Å². The fourth-order valence-corrected chi connectivity index (χ4v) is 2.26. The minimum absolute atomic E-state index is 0.0998. The Morgan fingerprint density at radius 3 is 2.93 bits per heavy atom. The summed E-state index contributed by atoms with van der Waals surface area (Å²) >= 11 is 0. The number of nitrogens with one attached hydrogen (secondary N) is 1. The summed E-state index contributed by atoms with van der Waals surface area (Å²) in [6.45, 7) is 4.21. The minimum atomic E-state index is -0.104. The average molecular weight is 198 g/mol. The first-order chi connectivity index (χ1) is 6.75. The molecule has 1 aliphatic rings. The van der Waals surface area contributed by atoms with Crippen LogP contribution in [0.5, 0.6) is 0 Å². The van der Waals surface area contributed by atoms with Gasteiger partial charge in [-0.05, 0) is 38.3 Å². The first-order valence-corrected chi connectivity index (χ1v) is 5.75. The Hall–Kier alpha value is -0.570. The molecule has 82 valence electrons. The SMILES string of the molecule is CCCCC(C(N)=O)C1CCCNC1. The highest BCUT2D eigenvalue weighted by Crippen LogP contribution is 2.24. The molecule has 1 saturated heterocycles. The van der Waals surface area contributed by atoms with Crippen LogP contribution in [-0.2, 0) is 4.79 Å². The van der Waals surface area contributed by atoms with Gasteiger partial charge in [-0.15, -0.1) is 0 Å². The summed E-state index contributed by atoms with van der Waals surface area (Å²) in [6.07, 6.45) is 5.57. The van der Waals surface area contributed by atoms with E-state index in [1.54, 1.807) is 0 Å². The van der Waals surface area contributed by atoms with E-state index in [1.165, 1.54) is 6.42 Å². The zero-order valence-corrected chi connectivity index (χ0v) is 9.09. The van der Waals surface area contributed by atoms with Crippen LogP contribution in [0.2, 0.25) is 0 Å². The maximum atomic E-state index is 11.3. The molecule has 1 rings (SSSR count). The second-order valence-corrected chi connectivity index (χ2v) is 4.26. The lowest BCUT2D eigenvalue weighted by Gasteiger charge is -2.28. The summed E-state index contributed by atoms with van der Waals surface area (Å²) in [7, 11) is 0. The molecule has 3 nitrogen and oxygen atoms in total. The lowest BCUT2D eigenvalue weighted by atomic mass is 9.82. The van der Waals surface area contributed by atoms with Crippen molar-refractivity contribution < 1.29 is 4.79 Å². The number of hydrogen-bond donors (Lipinski definition) is 2. The van der Waals surface area contributed by atoms with Gasteiger partial charge in [0.15, 0.2) is 0 Å². The monoisotopic (exact) mass is 198 g/mol. The smallest absolute Gasteiger partial charge is 0.220 e. The number of amides is 1. The van der Waals surface area contributed by atoms with Gasteiger partial charge in [0.2, 0.25) is 5.91 Å². The Morgan fingerprint density at radius 2 is 2.43 bits per heavy atom. The van der Waals surface area contributed by atoms with Crippen LogP contribution in [-0.4, -0.2) is 19.0 Å². The quantitative estimate of drug-likeness (QED) is 0.699. The van der Waals surface area contributed by atoms with Crippen LogP contribution < -0.4 is 11.1 Å². The van der Waals surface area contributed by atoms with Crippen molar-refractivity contribution in [3.8, 4) is 0 Å². The molecule has 0 aliphatic carbocycles. The minimum Gasteiger partial charge on any atom is -0.369 e. The molecule has 0 spiro atoms. The molecule has 1 aliphatic heterocycles. The van der Waals surface area contributed by atoms with E-state index in [0.717, 1.165) is 38.8 Å². The molecule has 1 fully saturated rings. The van der Waals surface area contributed by atoms with Gasteiger partial charge in [0, 0.05) is 5.92 Å². The highest BCUT2D eigenvalue weighted by molar-refractivity contribution is 5.77. The fraction of sp³-hybridized carbons (Fsp3) is 0.909. The van der Waals surface area contributed by atoms with Gasteiger partial charge < -0.3 is 11.1 Å². The third-order valence-electron chi connectivity index (χ3n) is 3.14. The number of nitrogens with two attached hydrogens (primary N) is 1. The number of carbonyl (C=O) groups is 1.